The Hall–Kier alpha value is -3.01. The number of hydrogen-bond acceptors (Lipinski definition) is 4. The van der Waals surface area contributed by atoms with E-state index < -0.39 is 0 Å². The molecule has 0 radical (unpaired) electrons. The molecular formula is C20H19NO3. The van der Waals surface area contributed by atoms with Gasteiger partial charge in [-0.05, 0) is 49.4 Å². The Morgan fingerprint density at radius 3 is 2.17 bits per heavy atom. The van der Waals surface area contributed by atoms with Gasteiger partial charge in [0.15, 0.2) is 0 Å². The molecule has 0 fully saturated rings. The summed E-state index contributed by atoms with van der Waals surface area (Å²) >= 11 is 0. The highest BCUT2D eigenvalue weighted by Crippen LogP contribution is 2.23. The average molecular weight is 321 g/mol. The molecule has 122 valence electrons. The predicted molar refractivity (Wildman–Crippen MR) is 92.8 cm³/mol. The fourth-order valence-corrected chi connectivity index (χ4v) is 2.10. The van der Waals surface area contributed by atoms with Crippen molar-refractivity contribution in [2.24, 2.45) is 0 Å². The molecule has 3 rings (SSSR count). The van der Waals surface area contributed by atoms with Crippen LogP contribution in [0.25, 0.3) is 0 Å². The van der Waals surface area contributed by atoms with Gasteiger partial charge in [-0.25, -0.2) is 4.98 Å². The zero-order chi connectivity index (χ0) is 16.6. The van der Waals surface area contributed by atoms with Crippen molar-refractivity contribution in [3.8, 4) is 23.1 Å². The van der Waals surface area contributed by atoms with Crippen LogP contribution in [0.5, 0.6) is 23.1 Å². The summed E-state index contributed by atoms with van der Waals surface area (Å²) in [5.41, 5.74) is 0. The molecular weight excluding hydrogens is 302 g/mol. The maximum atomic E-state index is 5.75. The first kappa shape index (κ1) is 15.9. The van der Waals surface area contributed by atoms with E-state index in [1.165, 1.54) is 0 Å². The first-order valence-electron chi connectivity index (χ1n) is 7.83. The molecule has 1 atom stereocenters. The second-order valence-corrected chi connectivity index (χ2v) is 5.29. The molecule has 1 heterocycles. The Morgan fingerprint density at radius 2 is 1.46 bits per heavy atom. The van der Waals surface area contributed by atoms with Crippen LogP contribution in [0.2, 0.25) is 0 Å². The molecule has 1 aromatic heterocycles. The highest BCUT2D eigenvalue weighted by Gasteiger charge is 2.06. The monoisotopic (exact) mass is 321 g/mol. The van der Waals surface area contributed by atoms with Crippen molar-refractivity contribution >= 4 is 0 Å². The van der Waals surface area contributed by atoms with Crippen molar-refractivity contribution < 1.29 is 14.2 Å². The Morgan fingerprint density at radius 1 is 0.792 bits per heavy atom. The first-order valence-corrected chi connectivity index (χ1v) is 7.83. The van der Waals surface area contributed by atoms with Crippen LogP contribution >= 0.6 is 0 Å². The van der Waals surface area contributed by atoms with Crippen LogP contribution in [0.4, 0.5) is 0 Å². The van der Waals surface area contributed by atoms with Gasteiger partial charge in [0.05, 0.1) is 0 Å². The molecule has 0 aliphatic carbocycles. The van der Waals surface area contributed by atoms with E-state index in [1.54, 1.807) is 6.20 Å². The van der Waals surface area contributed by atoms with Crippen molar-refractivity contribution in [3.05, 3.63) is 79.0 Å². The third kappa shape index (κ3) is 4.74. The fraction of sp³-hybridized carbons (Fsp3) is 0.150. The van der Waals surface area contributed by atoms with Crippen molar-refractivity contribution in [3.63, 3.8) is 0 Å². The summed E-state index contributed by atoms with van der Waals surface area (Å²) in [5.74, 6) is 2.95. The average Bonchev–Trinajstić information content (AvgIpc) is 2.63. The smallest absolute Gasteiger partial charge is 0.213 e. The molecule has 0 bridgehead atoms. The van der Waals surface area contributed by atoms with E-state index in [1.807, 2.05) is 79.7 Å². The Kier molecular flexibility index (Phi) is 5.30. The molecule has 3 aromatic rings. The molecule has 0 N–H and O–H groups in total. The van der Waals surface area contributed by atoms with Gasteiger partial charge in [-0.15, -0.1) is 0 Å². The Labute approximate surface area is 141 Å². The van der Waals surface area contributed by atoms with Gasteiger partial charge in [0.25, 0.3) is 0 Å². The van der Waals surface area contributed by atoms with Gasteiger partial charge in [-0.3, -0.25) is 0 Å². The van der Waals surface area contributed by atoms with Crippen LogP contribution in [-0.2, 0) is 0 Å². The lowest BCUT2D eigenvalue weighted by Crippen LogP contribution is -2.21. The summed E-state index contributed by atoms with van der Waals surface area (Å²) in [5, 5.41) is 0. The summed E-state index contributed by atoms with van der Waals surface area (Å²) in [7, 11) is 0. The molecule has 2 aromatic carbocycles. The topological polar surface area (TPSA) is 40.6 Å². The minimum atomic E-state index is -0.0971. The highest BCUT2D eigenvalue weighted by molar-refractivity contribution is 5.35. The van der Waals surface area contributed by atoms with E-state index in [4.69, 9.17) is 14.2 Å². The SMILES string of the molecule is C[C@@H](COc1ccc(Oc2ccccc2)cc1)Oc1ccccn1. The van der Waals surface area contributed by atoms with E-state index in [9.17, 15) is 0 Å². The zero-order valence-corrected chi connectivity index (χ0v) is 13.5. The van der Waals surface area contributed by atoms with E-state index >= 15 is 0 Å². The molecule has 0 amide bonds. The molecule has 4 heteroatoms. The number of hydrogen-bond donors (Lipinski definition) is 0. The summed E-state index contributed by atoms with van der Waals surface area (Å²) in [6, 6.07) is 22.8. The predicted octanol–water partition coefficient (Wildman–Crippen LogP) is 4.72. The van der Waals surface area contributed by atoms with Crippen molar-refractivity contribution in [1.29, 1.82) is 0 Å². The number of benzene rings is 2. The van der Waals surface area contributed by atoms with Crippen LogP contribution < -0.4 is 14.2 Å². The molecule has 0 unspecified atom stereocenters. The molecule has 4 nitrogen and oxygen atoms in total. The molecule has 0 saturated heterocycles. The van der Waals surface area contributed by atoms with Crippen LogP contribution in [0.3, 0.4) is 0 Å². The second-order valence-electron chi connectivity index (χ2n) is 5.29. The van der Waals surface area contributed by atoms with Crippen LogP contribution in [0.15, 0.2) is 79.0 Å². The number of para-hydroxylation sites is 1. The van der Waals surface area contributed by atoms with Crippen molar-refractivity contribution in [2.45, 2.75) is 13.0 Å². The Balaban J connectivity index is 1.49. The lowest BCUT2D eigenvalue weighted by Gasteiger charge is -2.15. The minimum Gasteiger partial charge on any atom is -0.490 e. The van der Waals surface area contributed by atoms with E-state index in [2.05, 4.69) is 4.98 Å². The third-order valence-corrected chi connectivity index (χ3v) is 3.25. The molecule has 24 heavy (non-hydrogen) atoms. The van der Waals surface area contributed by atoms with Gasteiger partial charge in [0.1, 0.15) is 30.0 Å². The van der Waals surface area contributed by atoms with E-state index in [0.717, 1.165) is 17.2 Å². The fourth-order valence-electron chi connectivity index (χ4n) is 2.10. The van der Waals surface area contributed by atoms with Crippen LogP contribution in [-0.4, -0.2) is 17.7 Å². The van der Waals surface area contributed by atoms with Gasteiger partial charge in [0.2, 0.25) is 5.88 Å². The molecule has 0 aliphatic heterocycles. The summed E-state index contributed by atoms with van der Waals surface area (Å²) < 4.78 is 17.2. The molecule has 0 aliphatic rings. The number of nitrogens with zero attached hydrogens (tertiary/aromatic N) is 1. The summed E-state index contributed by atoms with van der Waals surface area (Å²) in [6.07, 6.45) is 1.61. The number of pyridine rings is 1. The highest BCUT2D eigenvalue weighted by atomic mass is 16.5. The van der Waals surface area contributed by atoms with Crippen molar-refractivity contribution in [2.75, 3.05) is 6.61 Å². The number of rotatable bonds is 7. The van der Waals surface area contributed by atoms with Crippen LogP contribution in [0.1, 0.15) is 6.92 Å². The van der Waals surface area contributed by atoms with Gasteiger partial charge >= 0.3 is 0 Å². The largest absolute Gasteiger partial charge is 0.490 e. The maximum Gasteiger partial charge on any atom is 0.213 e. The third-order valence-electron chi connectivity index (χ3n) is 3.25. The lowest BCUT2D eigenvalue weighted by atomic mass is 10.3. The molecule has 0 spiro atoms. The second kappa shape index (κ2) is 8.02. The summed E-state index contributed by atoms with van der Waals surface area (Å²) in [4.78, 5) is 4.13. The van der Waals surface area contributed by atoms with Gasteiger partial charge in [-0.2, -0.15) is 0 Å². The summed E-state index contributed by atoms with van der Waals surface area (Å²) in [6.45, 7) is 2.39. The van der Waals surface area contributed by atoms with Crippen LogP contribution in [0, 0.1) is 0 Å². The van der Waals surface area contributed by atoms with Crippen molar-refractivity contribution in [1.82, 2.24) is 4.98 Å². The quantitative estimate of drug-likeness (QED) is 0.631. The maximum absolute atomic E-state index is 5.75. The van der Waals surface area contributed by atoms with E-state index in [-0.39, 0.29) is 6.10 Å². The molecule has 0 saturated carbocycles. The Bertz CT molecular complexity index is 730. The lowest BCUT2D eigenvalue weighted by molar-refractivity contribution is 0.138. The number of aromatic nitrogens is 1. The van der Waals surface area contributed by atoms with E-state index in [0.29, 0.717) is 12.5 Å². The van der Waals surface area contributed by atoms with Gasteiger partial charge < -0.3 is 14.2 Å². The standard InChI is InChI=1S/C20H19NO3/c1-16(23-20-9-5-6-14-21-20)15-22-17-10-12-19(13-11-17)24-18-7-3-2-4-8-18/h2-14,16H,15H2,1H3/t16-/m0/s1. The number of ether oxygens (including phenoxy) is 3. The van der Waals surface area contributed by atoms with Gasteiger partial charge in [-0.1, -0.05) is 24.3 Å². The normalized spacial score (nSPS) is 11.5. The van der Waals surface area contributed by atoms with Gasteiger partial charge in [0, 0.05) is 12.3 Å². The minimum absolute atomic E-state index is 0.0971. The zero-order valence-electron chi connectivity index (χ0n) is 13.5. The first-order chi connectivity index (χ1) is 11.8.